The zero-order valence-electron chi connectivity index (χ0n) is 8.95. The van der Waals surface area contributed by atoms with Gasteiger partial charge in [-0.25, -0.2) is 0 Å². The van der Waals surface area contributed by atoms with Crippen molar-refractivity contribution in [2.75, 3.05) is 0 Å². The molecule has 0 bridgehead atoms. The molecule has 0 aliphatic rings. The maximum absolute atomic E-state index is 4.85. The van der Waals surface area contributed by atoms with E-state index in [4.69, 9.17) is 9.78 Å². The summed E-state index contributed by atoms with van der Waals surface area (Å²) >= 11 is 0. The zero-order valence-corrected chi connectivity index (χ0v) is 8.95. The van der Waals surface area contributed by atoms with Crippen molar-refractivity contribution in [1.82, 2.24) is 0 Å². The minimum absolute atomic E-state index is 0.874. The first-order valence-electron chi connectivity index (χ1n) is 4.73. The van der Waals surface area contributed by atoms with Crippen LogP contribution in [0.15, 0.2) is 49.0 Å². The standard InChI is InChI=1S/C12H18O2/c1-5-11(6-2)9-13-14-10-12(7-3)8-4/h5,7,9-10H,1,3,6,8H2,2,4H3. The third-order valence-corrected chi connectivity index (χ3v) is 1.80. The quantitative estimate of drug-likeness (QED) is 0.201. The summed E-state index contributed by atoms with van der Waals surface area (Å²) in [7, 11) is 0. The molecule has 0 N–H and O–H groups in total. The maximum Gasteiger partial charge on any atom is 0.145 e. The number of allylic oxidation sites excluding steroid dienone is 4. The van der Waals surface area contributed by atoms with E-state index in [1.54, 1.807) is 24.7 Å². The molecule has 0 rings (SSSR count). The molecule has 0 saturated carbocycles. The van der Waals surface area contributed by atoms with Crippen LogP contribution in [0.5, 0.6) is 0 Å². The molecule has 0 aromatic heterocycles. The van der Waals surface area contributed by atoms with Crippen molar-refractivity contribution in [2.45, 2.75) is 26.7 Å². The van der Waals surface area contributed by atoms with Gasteiger partial charge in [0.1, 0.15) is 12.5 Å². The average Bonchev–Trinajstić information content (AvgIpc) is 2.24. The van der Waals surface area contributed by atoms with Crippen molar-refractivity contribution in [2.24, 2.45) is 0 Å². The zero-order chi connectivity index (χ0) is 10.8. The Morgan fingerprint density at radius 1 is 0.929 bits per heavy atom. The molecule has 14 heavy (non-hydrogen) atoms. The normalized spacial score (nSPS) is 12.1. The maximum atomic E-state index is 4.85. The van der Waals surface area contributed by atoms with Crippen LogP contribution in [0.25, 0.3) is 0 Å². The van der Waals surface area contributed by atoms with Crippen LogP contribution in [0.4, 0.5) is 0 Å². The Hall–Kier alpha value is -1.44. The molecular formula is C12H18O2. The van der Waals surface area contributed by atoms with E-state index in [2.05, 4.69) is 13.2 Å². The summed E-state index contributed by atoms with van der Waals surface area (Å²) in [5, 5.41) is 0. The largest absolute Gasteiger partial charge is 0.298 e. The van der Waals surface area contributed by atoms with Gasteiger partial charge in [0.15, 0.2) is 0 Å². The van der Waals surface area contributed by atoms with Crippen molar-refractivity contribution < 1.29 is 9.78 Å². The third-order valence-electron chi connectivity index (χ3n) is 1.80. The Kier molecular flexibility index (Phi) is 7.33. The van der Waals surface area contributed by atoms with Crippen LogP contribution >= 0.6 is 0 Å². The number of hydrogen-bond acceptors (Lipinski definition) is 2. The van der Waals surface area contributed by atoms with E-state index in [-0.39, 0.29) is 0 Å². The summed E-state index contributed by atoms with van der Waals surface area (Å²) in [6, 6.07) is 0. The van der Waals surface area contributed by atoms with Crippen LogP contribution in [0.2, 0.25) is 0 Å². The molecule has 0 spiro atoms. The lowest BCUT2D eigenvalue weighted by molar-refractivity contribution is -0.197. The highest BCUT2D eigenvalue weighted by Gasteiger charge is 1.88. The second kappa shape index (κ2) is 8.17. The van der Waals surface area contributed by atoms with Crippen LogP contribution < -0.4 is 0 Å². The van der Waals surface area contributed by atoms with Crippen LogP contribution in [0, 0.1) is 0 Å². The number of rotatable bonds is 7. The fourth-order valence-electron chi connectivity index (χ4n) is 0.731. The fourth-order valence-corrected chi connectivity index (χ4v) is 0.731. The molecule has 0 amide bonds. The minimum atomic E-state index is 0.874. The van der Waals surface area contributed by atoms with Gasteiger partial charge in [-0.2, -0.15) is 0 Å². The summed E-state index contributed by atoms with van der Waals surface area (Å²) < 4.78 is 0. The smallest absolute Gasteiger partial charge is 0.145 e. The summed E-state index contributed by atoms with van der Waals surface area (Å²) in [6.45, 7) is 11.3. The van der Waals surface area contributed by atoms with Crippen molar-refractivity contribution in [3.63, 3.8) is 0 Å². The van der Waals surface area contributed by atoms with E-state index in [1.165, 1.54) is 0 Å². The highest BCUT2D eigenvalue weighted by Crippen LogP contribution is 2.04. The third kappa shape index (κ3) is 5.25. The second-order valence-corrected chi connectivity index (χ2v) is 2.69. The molecule has 0 heterocycles. The number of hydrogen-bond donors (Lipinski definition) is 0. The molecule has 2 heteroatoms. The lowest BCUT2D eigenvalue weighted by atomic mass is 10.2. The van der Waals surface area contributed by atoms with E-state index < -0.39 is 0 Å². The van der Waals surface area contributed by atoms with Gasteiger partial charge in [0.2, 0.25) is 0 Å². The van der Waals surface area contributed by atoms with Gasteiger partial charge in [0.25, 0.3) is 0 Å². The molecule has 0 atom stereocenters. The van der Waals surface area contributed by atoms with Crippen molar-refractivity contribution >= 4 is 0 Å². The van der Waals surface area contributed by atoms with Gasteiger partial charge in [-0.05, 0) is 24.0 Å². The topological polar surface area (TPSA) is 18.5 Å². The molecule has 0 unspecified atom stereocenters. The molecule has 0 fully saturated rings. The first-order valence-corrected chi connectivity index (χ1v) is 4.73. The van der Waals surface area contributed by atoms with E-state index in [9.17, 15) is 0 Å². The van der Waals surface area contributed by atoms with Crippen LogP contribution in [0.3, 0.4) is 0 Å². The fraction of sp³-hybridized carbons (Fsp3) is 0.333. The van der Waals surface area contributed by atoms with Gasteiger partial charge in [0, 0.05) is 0 Å². The molecule has 0 aliphatic heterocycles. The van der Waals surface area contributed by atoms with Crippen molar-refractivity contribution in [3.8, 4) is 0 Å². The van der Waals surface area contributed by atoms with Gasteiger partial charge < -0.3 is 0 Å². The molecule has 0 aromatic rings. The predicted molar refractivity (Wildman–Crippen MR) is 59.3 cm³/mol. The van der Waals surface area contributed by atoms with Crippen LogP contribution in [-0.4, -0.2) is 0 Å². The van der Waals surface area contributed by atoms with Gasteiger partial charge in [-0.1, -0.05) is 39.2 Å². The summed E-state index contributed by atoms with van der Waals surface area (Å²) in [5.41, 5.74) is 1.99. The van der Waals surface area contributed by atoms with Gasteiger partial charge >= 0.3 is 0 Å². The molecule has 0 aromatic carbocycles. The molecule has 78 valence electrons. The summed E-state index contributed by atoms with van der Waals surface area (Å²) in [5.74, 6) is 0. The van der Waals surface area contributed by atoms with E-state index in [0.29, 0.717) is 0 Å². The SMILES string of the molecule is C=CC(=COOC=C(C=C)CC)CC. The first kappa shape index (κ1) is 12.6. The van der Waals surface area contributed by atoms with Crippen LogP contribution in [0.1, 0.15) is 26.7 Å². The molecule has 0 saturated heterocycles. The Morgan fingerprint density at radius 3 is 1.50 bits per heavy atom. The Bertz CT molecular complexity index is 211. The predicted octanol–water partition coefficient (Wildman–Crippen LogP) is 3.89. The highest BCUT2D eigenvalue weighted by atomic mass is 17.2. The first-order chi connectivity index (χ1) is 6.78. The molecular weight excluding hydrogens is 176 g/mol. The second-order valence-electron chi connectivity index (χ2n) is 2.69. The van der Waals surface area contributed by atoms with Crippen molar-refractivity contribution in [1.29, 1.82) is 0 Å². The monoisotopic (exact) mass is 194 g/mol. The molecule has 0 radical (unpaired) electrons. The lowest BCUT2D eigenvalue weighted by Gasteiger charge is -2.00. The Labute approximate surface area is 86.2 Å². The Morgan fingerprint density at radius 2 is 1.29 bits per heavy atom. The van der Waals surface area contributed by atoms with Gasteiger partial charge in [0.05, 0.1) is 0 Å². The highest BCUT2D eigenvalue weighted by molar-refractivity contribution is 5.13. The van der Waals surface area contributed by atoms with E-state index in [0.717, 1.165) is 24.0 Å². The Balaban J connectivity index is 3.94. The van der Waals surface area contributed by atoms with Gasteiger partial charge in [-0.15, -0.1) is 0 Å². The minimum Gasteiger partial charge on any atom is -0.298 e. The van der Waals surface area contributed by atoms with E-state index >= 15 is 0 Å². The summed E-state index contributed by atoms with van der Waals surface area (Å²) in [6.07, 6.45) is 8.31. The molecule has 2 nitrogen and oxygen atoms in total. The van der Waals surface area contributed by atoms with Crippen LogP contribution in [-0.2, 0) is 9.78 Å². The van der Waals surface area contributed by atoms with E-state index in [1.807, 2.05) is 13.8 Å². The lowest BCUT2D eigenvalue weighted by Crippen LogP contribution is -1.83. The molecule has 0 aliphatic carbocycles. The average molecular weight is 194 g/mol. The summed E-state index contributed by atoms with van der Waals surface area (Å²) in [4.78, 5) is 9.71. The van der Waals surface area contributed by atoms with Crippen molar-refractivity contribution in [3.05, 3.63) is 49.0 Å². The van der Waals surface area contributed by atoms with Gasteiger partial charge in [-0.3, -0.25) is 9.78 Å².